The average molecular weight is 204 g/mol. The highest BCUT2D eigenvalue weighted by Crippen LogP contribution is 2.26. The van der Waals surface area contributed by atoms with Gasteiger partial charge in [0.25, 0.3) is 0 Å². The van der Waals surface area contributed by atoms with Gasteiger partial charge in [-0.2, -0.15) is 4.39 Å². The largest absolute Gasteiger partial charge is 0.491 e. The maximum atomic E-state index is 13.0. The Bertz CT molecular complexity index is 388. The Morgan fingerprint density at radius 1 is 1.29 bits per heavy atom. The molecule has 0 aromatic heterocycles. The summed E-state index contributed by atoms with van der Waals surface area (Å²) >= 11 is 0. The van der Waals surface area contributed by atoms with E-state index in [2.05, 4.69) is 4.74 Å². The molecule has 0 unspecified atom stereocenters. The summed E-state index contributed by atoms with van der Waals surface area (Å²) in [4.78, 5) is 10.8. The number of carbonyl (C=O) groups is 1. The van der Waals surface area contributed by atoms with Gasteiger partial charge in [0.15, 0.2) is 23.2 Å². The van der Waals surface area contributed by atoms with Crippen LogP contribution in [0.1, 0.15) is 17.3 Å². The van der Waals surface area contributed by atoms with Crippen LogP contribution in [0.25, 0.3) is 0 Å². The van der Waals surface area contributed by atoms with Crippen LogP contribution in [0.4, 0.5) is 13.2 Å². The summed E-state index contributed by atoms with van der Waals surface area (Å²) in [6.07, 6.45) is 0. The lowest BCUT2D eigenvalue weighted by atomic mass is 10.1. The number of benzene rings is 1. The van der Waals surface area contributed by atoms with Gasteiger partial charge in [0, 0.05) is 0 Å². The van der Waals surface area contributed by atoms with Crippen LogP contribution >= 0.6 is 0 Å². The number of hydrogen-bond acceptors (Lipinski definition) is 2. The molecule has 14 heavy (non-hydrogen) atoms. The number of methoxy groups -OCH3 is 1. The van der Waals surface area contributed by atoms with Crippen LogP contribution in [0.15, 0.2) is 6.07 Å². The fourth-order valence-electron chi connectivity index (χ4n) is 1.02. The zero-order chi connectivity index (χ0) is 10.9. The van der Waals surface area contributed by atoms with Gasteiger partial charge in [-0.1, -0.05) is 0 Å². The first-order chi connectivity index (χ1) is 6.49. The third kappa shape index (κ3) is 1.57. The van der Waals surface area contributed by atoms with Gasteiger partial charge in [-0.05, 0) is 13.0 Å². The number of carbonyl (C=O) groups excluding carboxylic acids is 1. The van der Waals surface area contributed by atoms with E-state index >= 15 is 0 Å². The Hall–Kier alpha value is -1.52. The third-order valence-electron chi connectivity index (χ3n) is 1.70. The molecule has 2 nitrogen and oxygen atoms in total. The topological polar surface area (TPSA) is 26.3 Å². The molecule has 0 aliphatic heterocycles. The van der Waals surface area contributed by atoms with E-state index in [1.54, 1.807) is 0 Å². The lowest BCUT2D eigenvalue weighted by Crippen LogP contribution is -2.04. The van der Waals surface area contributed by atoms with E-state index in [-0.39, 0.29) is 0 Å². The molecule has 0 spiro atoms. The highest BCUT2D eigenvalue weighted by Gasteiger charge is 2.21. The van der Waals surface area contributed by atoms with Crippen molar-refractivity contribution in [2.75, 3.05) is 7.11 Å². The molecule has 0 bridgehead atoms. The van der Waals surface area contributed by atoms with Gasteiger partial charge in [0.2, 0.25) is 5.82 Å². The molecule has 0 N–H and O–H groups in total. The molecular weight excluding hydrogens is 197 g/mol. The molecule has 76 valence electrons. The number of ketones is 1. The van der Waals surface area contributed by atoms with E-state index < -0.39 is 34.5 Å². The fraction of sp³-hybridized carbons (Fsp3) is 0.222. The van der Waals surface area contributed by atoms with Crippen molar-refractivity contribution in [3.8, 4) is 5.75 Å². The number of rotatable bonds is 2. The Kier molecular flexibility index (Phi) is 2.78. The number of ether oxygens (including phenoxy) is 1. The molecule has 0 aliphatic carbocycles. The minimum atomic E-state index is -1.49. The predicted molar refractivity (Wildman–Crippen MR) is 42.9 cm³/mol. The summed E-state index contributed by atoms with van der Waals surface area (Å²) in [6, 6.07) is 0.611. The molecule has 0 amide bonds. The Morgan fingerprint density at radius 2 is 1.86 bits per heavy atom. The highest BCUT2D eigenvalue weighted by molar-refractivity contribution is 5.94. The molecule has 0 fully saturated rings. The van der Waals surface area contributed by atoms with Crippen LogP contribution < -0.4 is 4.74 Å². The second-order valence-corrected chi connectivity index (χ2v) is 2.62. The van der Waals surface area contributed by atoms with E-state index in [0.717, 1.165) is 14.0 Å². The minimum Gasteiger partial charge on any atom is -0.491 e. The summed E-state index contributed by atoms with van der Waals surface area (Å²) in [6.45, 7) is 1.02. The molecule has 1 aromatic rings. The first-order valence-corrected chi connectivity index (χ1v) is 3.71. The van der Waals surface area contributed by atoms with E-state index in [9.17, 15) is 18.0 Å². The van der Waals surface area contributed by atoms with Crippen LogP contribution in [-0.4, -0.2) is 12.9 Å². The van der Waals surface area contributed by atoms with Crippen molar-refractivity contribution in [1.82, 2.24) is 0 Å². The Morgan fingerprint density at radius 3 is 2.29 bits per heavy atom. The standard InChI is InChI=1S/C9H7F3O2/c1-4(13)5-3-6(10)9(14-2)8(12)7(5)11/h3H,1-2H3. The van der Waals surface area contributed by atoms with Crippen molar-refractivity contribution in [2.24, 2.45) is 0 Å². The molecule has 0 radical (unpaired) electrons. The molecule has 1 aromatic carbocycles. The number of halogens is 3. The summed E-state index contributed by atoms with van der Waals surface area (Å²) < 4.78 is 43.3. The maximum Gasteiger partial charge on any atom is 0.204 e. The lowest BCUT2D eigenvalue weighted by molar-refractivity contribution is 0.101. The van der Waals surface area contributed by atoms with Crippen molar-refractivity contribution in [3.63, 3.8) is 0 Å². The summed E-state index contributed by atoms with van der Waals surface area (Å²) in [5, 5.41) is 0. The molecule has 1 rings (SSSR count). The predicted octanol–water partition coefficient (Wildman–Crippen LogP) is 2.32. The van der Waals surface area contributed by atoms with Gasteiger partial charge in [-0.3, -0.25) is 4.79 Å². The molecular formula is C9H7F3O2. The van der Waals surface area contributed by atoms with Crippen LogP contribution in [-0.2, 0) is 0 Å². The number of Topliss-reactive ketones (excluding diaryl/α,β-unsaturated/α-hetero) is 1. The molecule has 0 saturated carbocycles. The first-order valence-electron chi connectivity index (χ1n) is 3.71. The molecule has 0 aliphatic rings. The quantitative estimate of drug-likeness (QED) is 0.545. The third-order valence-corrected chi connectivity index (χ3v) is 1.70. The van der Waals surface area contributed by atoms with E-state index in [4.69, 9.17) is 0 Å². The second-order valence-electron chi connectivity index (χ2n) is 2.62. The van der Waals surface area contributed by atoms with Gasteiger partial charge >= 0.3 is 0 Å². The van der Waals surface area contributed by atoms with Gasteiger partial charge in [-0.25, -0.2) is 8.78 Å². The summed E-state index contributed by atoms with van der Waals surface area (Å²) in [7, 11) is 1.01. The minimum absolute atomic E-state index is 0.611. The highest BCUT2D eigenvalue weighted by atomic mass is 19.2. The van der Waals surface area contributed by atoms with Gasteiger partial charge in [0.1, 0.15) is 0 Å². The van der Waals surface area contributed by atoms with Gasteiger partial charge < -0.3 is 4.74 Å². The average Bonchev–Trinajstić information content (AvgIpc) is 2.12. The molecule has 5 heteroatoms. The maximum absolute atomic E-state index is 13.0. The second kappa shape index (κ2) is 3.69. The van der Waals surface area contributed by atoms with E-state index in [1.165, 1.54) is 0 Å². The summed E-state index contributed by atoms with van der Waals surface area (Å²) in [5.74, 6) is -5.56. The van der Waals surface area contributed by atoms with E-state index in [0.29, 0.717) is 6.07 Å². The molecule has 0 atom stereocenters. The summed E-state index contributed by atoms with van der Waals surface area (Å²) in [5.41, 5.74) is -0.624. The Balaban J connectivity index is 3.47. The van der Waals surface area contributed by atoms with Crippen molar-refractivity contribution in [2.45, 2.75) is 6.92 Å². The zero-order valence-corrected chi connectivity index (χ0v) is 7.53. The van der Waals surface area contributed by atoms with Crippen molar-refractivity contribution in [3.05, 3.63) is 29.1 Å². The fourth-order valence-corrected chi connectivity index (χ4v) is 1.02. The van der Waals surface area contributed by atoms with Crippen LogP contribution in [0.5, 0.6) is 5.75 Å². The van der Waals surface area contributed by atoms with Gasteiger partial charge in [0.05, 0.1) is 12.7 Å². The molecule has 0 heterocycles. The zero-order valence-electron chi connectivity index (χ0n) is 7.53. The first kappa shape index (κ1) is 10.6. The van der Waals surface area contributed by atoms with Crippen LogP contribution in [0.3, 0.4) is 0 Å². The van der Waals surface area contributed by atoms with Gasteiger partial charge in [-0.15, -0.1) is 0 Å². The molecule has 0 saturated heterocycles. The number of hydrogen-bond donors (Lipinski definition) is 0. The van der Waals surface area contributed by atoms with Crippen LogP contribution in [0, 0.1) is 17.5 Å². The van der Waals surface area contributed by atoms with E-state index in [1.807, 2.05) is 0 Å². The Labute approximate surface area is 78.3 Å². The normalized spacial score (nSPS) is 10.1. The van der Waals surface area contributed by atoms with Crippen molar-refractivity contribution >= 4 is 5.78 Å². The van der Waals surface area contributed by atoms with Crippen LogP contribution in [0.2, 0.25) is 0 Å². The van der Waals surface area contributed by atoms with Crippen molar-refractivity contribution < 1.29 is 22.7 Å². The SMILES string of the molecule is COc1c(F)cc(C(C)=O)c(F)c1F. The lowest BCUT2D eigenvalue weighted by Gasteiger charge is -2.06. The monoisotopic (exact) mass is 204 g/mol. The van der Waals surface area contributed by atoms with Crippen molar-refractivity contribution in [1.29, 1.82) is 0 Å². The smallest absolute Gasteiger partial charge is 0.204 e.